The first-order valence-electron chi connectivity index (χ1n) is 3.72. The summed E-state index contributed by atoms with van der Waals surface area (Å²) in [6.07, 6.45) is 1.04. The Kier molecular flexibility index (Phi) is 2.70. The molecule has 1 amide bonds. The Bertz CT molecular complexity index is 143. The minimum absolute atomic E-state index is 0.153. The molecule has 0 aliphatic heterocycles. The molecular weight excluding hydrogens is 146 g/mol. The normalized spacial score (nSPS) is 28.9. The topological polar surface area (TPSA) is 58.6 Å². The second-order valence-electron chi connectivity index (χ2n) is 2.86. The van der Waals surface area contributed by atoms with Crippen LogP contribution in [0.3, 0.4) is 0 Å². The third-order valence-electron chi connectivity index (χ3n) is 1.93. The van der Waals surface area contributed by atoms with Crippen molar-refractivity contribution in [1.29, 1.82) is 0 Å². The van der Waals surface area contributed by atoms with Crippen molar-refractivity contribution in [3.05, 3.63) is 0 Å². The molecule has 0 unspecified atom stereocenters. The van der Waals surface area contributed by atoms with E-state index in [9.17, 15) is 4.79 Å². The van der Waals surface area contributed by atoms with Gasteiger partial charge >= 0.3 is 6.09 Å². The number of amides is 1. The van der Waals surface area contributed by atoms with Crippen LogP contribution in [-0.4, -0.2) is 31.0 Å². The summed E-state index contributed by atoms with van der Waals surface area (Å²) in [6.45, 7) is 0.615. The summed E-state index contributed by atoms with van der Waals surface area (Å²) in [5.74, 6) is 0.434. The molecule has 0 atom stereocenters. The van der Waals surface area contributed by atoms with Crippen LogP contribution in [0.1, 0.15) is 12.8 Å². The first kappa shape index (κ1) is 8.33. The molecule has 4 heteroatoms. The van der Waals surface area contributed by atoms with Crippen molar-refractivity contribution in [3.63, 3.8) is 0 Å². The zero-order valence-electron chi connectivity index (χ0n) is 6.54. The molecule has 4 nitrogen and oxygen atoms in total. The molecule has 11 heavy (non-hydrogen) atoms. The predicted molar refractivity (Wildman–Crippen MR) is 39.1 cm³/mol. The van der Waals surface area contributed by atoms with Crippen molar-refractivity contribution in [1.82, 2.24) is 5.32 Å². The fourth-order valence-electron chi connectivity index (χ4n) is 1.17. The van der Waals surface area contributed by atoms with E-state index in [1.165, 1.54) is 7.11 Å². The second kappa shape index (κ2) is 3.57. The predicted octanol–water partition coefficient (Wildman–Crippen LogP) is 0.113. The number of rotatable bonds is 2. The van der Waals surface area contributed by atoms with E-state index >= 15 is 0 Å². The lowest BCUT2D eigenvalue weighted by Crippen LogP contribution is -2.38. The maximum absolute atomic E-state index is 10.5. The summed E-state index contributed by atoms with van der Waals surface area (Å²) in [5, 5.41) is 11.5. The number of carbonyl (C=O) groups is 1. The molecule has 0 spiro atoms. The summed E-state index contributed by atoms with van der Waals surface area (Å²) in [4.78, 5) is 10.5. The number of hydrogen-bond acceptors (Lipinski definition) is 3. The Labute approximate surface area is 65.5 Å². The van der Waals surface area contributed by atoms with Gasteiger partial charge in [-0.25, -0.2) is 4.79 Å². The lowest BCUT2D eigenvalue weighted by atomic mass is 9.82. The van der Waals surface area contributed by atoms with Crippen LogP contribution in [0, 0.1) is 5.92 Å². The molecule has 1 aliphatic carbocycles. The number of carbonyl (C=O) groups excluding carboxylic acids is 1. The zero-order chi connectivity index (χ0) is 8.27. The second-order valence-corrected chi connectivity index (χ2v) is 2.86. The van der Waals surface area contributed by atoms with Gasteiger partial charge in [-0.15, -0.1) is 0 Å². The number of methoxy groups -OCH3 is 1. The first-order chi connectivity index (χ1) is 5.22. The largest absolute Gasteiger partial charge is 0.453 e. The maximum Gasteiger partial charge on any atom is 0.406 e. The Morgan fingerprint density at radius 2 is 2.36 bits per heavy atom. The van der Waals surface area contributed by atoms with E-state index in [4.69, 9.17) is 5.11 Å². The summed E-state index contributed by atoms with van der Waals surface area (Å²) in [7, 11) is 1.34. The average molecular weight is 159 g/mol. The van der Waals surface area contributed by atoms with Gasteiger partial charge in [0.2, 0.25) is 0 Å². The van der Waals surface area contributed by atoms with Gasteiger partial charge in [0.25, 0.3) is 0 Å². The van der Waals surface area contributed by atoms with Gasteiger partial charge in [0, 0.05) is 6.54 Å². The lowest BCUT2D eigenvalue weighted by molar-refractivity contribution is 0.0426. The zero-order valence-corrected chi connectivity index (χ0v) is 6.54. The summed E-state index contributed by atoms with van der Waals surface area (Å²) in [5.41, 5.74) is 0. The fourth-order valence-corrected chi connectivity index (χ4v) is 1.17. The number of aliphatic hydroxyl groups is 1. The fraction of sp³-hybridized carbons (Fsp3) is 0.857. The van der Waals surface area contributed by atoms with Gasteiger partial charge in [-0.3, -0.25) is 0 Å². The van der Waals surface area contributed by atoms with E-state index in [0.29, 0.717) is 12.5 Å². The van der Waals surface area contributed by atoms with E-state index in [-0.39, 0.29) is 6.10 Å². The molecular formula is C7H13NO3. The van der Waals surface area contributed by atoms with Crippen molar-refractivity contribution in [2.45, 2.75) is 18.9 Å². The maximum atomic E-state index is 10.5. The molecule has 0 heterocycles. The van der Waals surface area contributed by atoms with Gasteiger partial charge in [0.05, 0.1) is 13.2 Å². The van der Waals surface area contributed by atoms with Crippen LogP contribution in [0.15, 0.2) is 0 Å². The highest BCUT2D eigenvalue weighted by Crippen LogP contribution is 2.25. The number of alkyl carbamates (subject to hydrolysis) is 1. The van der Waals surface area contributed by atoms with Crippen LogP contribution in [0.4, 0.5) is 4.79 Å². The van der Waals surface area contributed by atoms with Crippen LogP contribution >= 0.6 is 0 Å². The van der Waals surface area contributed by atoms with E-state index in [1.54, 1.807) is 0 Å². The van der Waals surface area contributed by atoms with Crippen LogP contribution in [0.5, 0.6) is 0 Å². The number of aliphatic hydroxyl groups excluding tert-OH is 1. The van der Waals surface area contributed by atoms with Crippen LogP contribution < -0.4 is 5.32 Å². The third kappa shape index (κ3) is 2.38. The Balaban J connectivity index is 2.00. The molecule has 0 aromatic carbocycles. The summed E-state index contributed by atoms with van der Waals surface area (Å²) < 4.78 is 4.38. The quantitative estimate of drug-likeness (QED) is 0.601. The lowest BCUT2D eigenvalue weighted by Gasteiger charge is -2.30. The highest BCUT2D eigenvalue weighted by atomic mass is 16.5. The molecule has 0 radical (unpaired) electrons. The van der Waals surface area contributed by atoms with Gasteiger partial charge < -0.3 is 15.2 Å². The molecule has 64 valence electrons. The molecule has 1 rings (SSSR count). The molecule has 0 bridgehead atoms. The smallest absolute Gasteiger partial charge is 0.406 e. The Hall–Kier alpha value is -0.770. The molecule has 0 aromatic rings. The molecule has 0 saturated heterocycles. The summed E-state index contributed by atoms with van der Waals surface area (Å²) in [6, 6.07) is 0. The molecule has 1 fully saturated rings. The average Bonchev–Trinajstić information content (AvgIpc) is 1.95. The Morgan fingerprint density at radius 3 is 2.82 bits per heavy atom. The number of ether oxygens (including phenoxy) is 1. The van der Waals surface area contributed by atoms with E-state index in [0.717, 1.165) is 12.8 Å². The van der Waals surface area contributed by atoms with Crippen molar-refractivity contribution in [3.8, 4) is 0 Å². The summed E-state index contributed by atoms with van der Waals surface area (Å²) >= 11 is 0. The van der Waals surface area contributed by atoms with E-state index in [2.05, 4.69) is 10.1 Å². The highest BCUT2D eigenvalue weighted by Gasteiger charge is 2.27. The van der Waals surface area contributed by atoms with E-state index < -0.39 is 6.09 Å². The Morgan fingerprint density at radius 1 is 1.73 bits per heavy atom. The molecule has 0 aromatic heterocycles. The van der Waals surface area contributed by atoms with Crippen molar-refractivity contribution < 1.29 is 14.6 Å². The number of hydrogen-bond donors (Lipinski definition) is 2. The van der Waals surface area contributed by atoms with Gasteiger partial charge in [-0.1, -0.05) is 0 Å². The van der Waals surface area contributed by atoms with Crippen molar-refractivity contribution in [2.24, 2.45) is 5.92 Å². The third-order valence-corrected chi connectivity index (χ3v) is 1.93. The van der Waals surface area contributed by atoms with Gasteiger partial charge in [-0.2, -0.15) is 0 Å². The SMILES string of the molecule is COC(=O)NCC1CC(O)C1. The minimum atomic E-state index is -0.397. The molecule has 1 aliphatic rings. The van der Waals surface area contributed by atoms with Crippen molar-refractivity contribution in [2.75, 3.05) is 13.7 Å². The standard InChI is InChI=1S/C7H13NO3/c1-11-7(10)8-4-5-2-6(9)3-5/h5-6,9H,2-4H2,1H3,(H,8,10). The van der Waals surface area contributed by atoms with Crippen LogP contribution in [-0.2, 0) is 4.74 Å². The monoisotopic (exact) mass is 159 g/mol. The number of nitrogens with one attached hydrogen (secondary N) is 1. The van der Waals surface area contributed by atoms with Crippen LogP contribution in [0.25, 0.3) is 0 Å². The first-order valence-corrected chi connectivity index (χ1v) is 3.72. The molecule has 1 saturated carbocycles. The van der Waals surface area contributed by atoms with Gasteiger partial charge in [0.15, 0.2) is 0 Å². The van der Waals surface area contributed by atoms with Crippen molar-refractivity contribution >= 4 is 6.09 Å². The van der Waals surface area contributed by atoms with E-state index in [1.807, 2.05) is 0 Å². The highest BCUT2D eigenvalue weighted by molar-refractivity contribution is 5.66. The van der Waals surface area contributed by atoms with Gasteiger partial charge in [-0.05, 0) is 18.8 Å². The van der Waals surface area contributed by atoms with Crippen LogP contribution in [0.2, 0.25) is 0 Å². The van der Waals surface area contributed by atoms with Gasteiger partial charge in [0.1, 0.15) is 0 Å². The molecule has 2 N–H and O–H groups in total. The minimum Gasteiger partial charge on any atom is -0.453 e.